The molecule has 1 fully saturated rings. The summed E-state index contributed by atoms with van der Waals surface area (Å²) in [5.41, 5.74) is 0. The summed E-state index contributed by atoms with van der Waals surface area (Å²) in [6, 6.07) is 0.377. The molecule has 0 aliphatic carbocycles. The minimum absolute atomic E-state index is 0.109. The van der Waals surface area contributed by atoms with E-state index in [0.29, 0.717) is 6.04 Å². The van der Waals surface area contributed by atoms with E-state index in [9.17, 15) is 4.79 Å². The second-order valence-corrected chi connectivity index (χ2v) is 4.55. The SMILES string of the molecule is CCCCN1CCCCC(NC(C)=O)C1. The third-order valence-electron chi connectivity index (χ3n) is 2.99. The second kappa shape index (κ2) is 6.83. The van der Waals surface area contributed by atoms with E-state index < -0.39 is 0 Å². The molecule has 1 heterocycles. The first-order valence-electron chi connectivity index (χ1n) is 6.22. The first kappa shape index (κ1) is 12.5. The number of unbranched alkanes of at least 4 members (excludes halogenated alkanes) is 1. The highest BCUT2D eigenvalue weighted by Crippen LogP contribution is 2.11. The van der Waals surface area contributed by atoms with Crippen molar-refractivity contribution >= 4 is 5.91 Å². The van der Waals surface area contributed by atoms with Crippen molar-refractivity contribution in [1.29, 1.82) is 0 Å². The normalized spacial score (nSPS) is 23.5. The predicted octanol–water partition coefficient (Wildman–Crippen LogP) is 1.78. The minimum Gasteiger partial charge on any atom is -0.352 e. The molecule has 1 aliphatic rings. The van der Waals surface area contributed by atoms with Crippen LogP contribution in [0.4, 0.5) is 0 Å². The molecule has 1 aliphatic heterocycles. The maximum atomic E-state index is 11.0. The van der Waals surface area contributed by atoms with Crippen LogP contribution in [0.1, 0.15) is 46.0 Å². The van der Waals surface area contributed by atoms with Crippen molar-refractivity contribution in [3.05, 3.63) is 0 Å². The molecule has 1 saturated heterocycles. The van der Waals surface area contributed by atoms with E-state index in [2.05, 4.69) is 17.1 Å². The fourth-order valence-corrected chi connectivity index (χ4v) is 2.21. The summed E-state index contributed by atoms with van der Waals surface area (Å²) >= 11 is 0. The molecule has 88 valence electrons. The molecule has 1 unspecified atom stereocenters. The molecule has 0 aromatic rings. The van der Waals surface area contributed by atoms with E-state index in [4.69, 9.17) is 0 Å². The van der Waals surface area contributed by atoms with Gasteiger partial charge in [0.15, 0.2) is 0 Å². The van der Waals surface area contributed by atoms with E-state index >= 15 is 0 Å². The van der Waals surface area contributed by atoms with Gasteiger partial charge in [0.2, 0.25) is 5.91 Å². The fraction of sp³-hybridized carbons (Fsp3) is 0.917. The summed E-state index contributed by atoms with van der Waals surface area (Å²) in [7, 11) is 0. The van der Waals surface area contributed by atoms with Gasteiger partial charge in [-0.1, -0.05) is 19.8 Å². The Bertz CT molecular complexity index is 194. The largest absolute Gasteiger partial charge is 0.352 e. The summed E-state index contributed by atoms with van der Waals surface area (Å²) in [4.78, 5) is 13.5. The first-order valence-corrected chi connectivity index (χ1v) is 6.22. The zero-order chi connectivity index (χ0) is 11.1. The average Bonchev–Trinajstić information content (AvgIpc) is 2.39. The average molecular weight is 212 g/mol. The summed E-state index contributed by atoms with van der Waals surface area (Å²) in [5.74, 6) is 0.109. The van der Waals surface area contributed by atoms with E-state index in [1.54, 1.807) is 6.92 Å². The van der Waals surface area contributed by atoms with E-state index in [1.807, 2.05) is 0 Å². The first-order chi connectivity index (χ1) is 7.22. The Labute approximate surface area is 93.2 Å². The maximum absolute atomic E-state index is 11.0. The van der Waals surface area contributed by atoms with Gasteiger partial charge in [-0.2, -0.15) is 0 Å². The Kier molecular flexibility index (Phi) is 5.69. The van der Waals surface area contributed by atoms with Crippen molar-refractivity contribution < 1.29 is 4.79 Å². The number of hydrogen-bond donors (Lipinski definition) is 1. The standard InChI is InChI=1S/C12H24N2O/c1-3-4-8-14-9-6-5-7-12(10-14)13-11(2)15/h12H,3-10H2,1-2H3,(H,13,15). The van der Waals surface area contributed by atoms with Crippen molar-refractivity contribution in [2.75, 3.05) is 19.6 Å². The van der Waals surface area contributed by atoms with Crippen LogP contribution < -0.4 is 5.32 Å². The highest BCUT2D eigenvalue weighted by molar-refractivity contribution is 5.73. The molecule has 1 N–H and O–H groups in total. The molecule has 3 nitrogen and oxygen atoms in total. The van der Waals surface area contributed by atoms with Crippen LogP contribution in [0.25, 0.3) is 0 Å². The molecule has 1 rings (SSSR count). The highest BCUT2D eigenvalue weighted by atomic mass is 16.1. The Morgan fingerprint density at radius 1 is 1.47 bits per heavy atom. The van der Waals surface area contributed by atoms with Crippen LogP contribution in [0.15, 0.2) is 0 Å². The lowest BCUT2D eigenvalue weighted by atomic mass is 10.1. The quantitative estimate of drug-likeness (QED) is 0.770. The Morgan fingerprint density at radius 2 is 2.27 bits per heavy atom. The molecular formula is C12H24N2O. The number of rotatable bonds is 4. The molecule has 1 atom stereocenters. The van der Waals surface area contributed by atoms with Crippen molar-refractivity contribution in [3.8, 4) is 0 Å². The molecule has 0 spiro atoms. The van der Waals surface area contributed by atoms with Gasteiger partial charge in [-0.3, -0.25) is 4.79 Å². The Hall–Kier alpha value is -0.570. The van der Waals surface area contributed by atoms with Gasteiger partial charge in [0.05, 0.1) is 0 Å². The molecule has 0 saturated carbocycles. The van der Waals surface area contributed by atoms with Crippen LogP contribution >= 0.6 is 0 Å². The van der Waals surface area contributed by atoms with E-state index in [1.165, 1.54) is 38.8 Å². The number of hydrogen-bond acceptors (Lipinski definition) is 2. The lowest BCUT2D eigenvalue weighted by molar-refractivity contribution is -0.119. The van der Waals surface area contributed by atoms with Crippen LogP contribution in [-0.4, -0.2) is 36.5 Å². The minimum atomic E-state index is 0.109. The van der Waals surface area contributed by atoms with Crippen LogP contribution in [0.5, 0.6) is 0 Å². The van der Waals surface area contributed by atoms with Gasteiger partial charge in [0, 0.05) is 19.5 Å². The van der Waals surface area contributed by atoms with Crippen molar-refractivity contribution in [2.24, 2.45) is 0 Å². The monoisotopic (exact) mass is 212 g/mol. The smallest absolute Gasteiger partial charge is 0.217 e. The predicted molar refractivity (Wildman–Crippen MR) is 62.8 cm³/mol. The number of nitrogens with one attached hydrogen (secondary N) is 1. The third kappa shape index (κ3) is 5.17. The van der Waals surface area contributed by atoms with Crippen molar-refractivity contribution in [1.82, 2.24) is 10.2 Å². The van der Waals surface area contributed by atoms with Gasteiger partial charge < -0.3 is 10.2 Å². The fourth-order valence-electron chi connectivity index (χ4n) is 2.21. The van der Waals surface area contributed by atoms with Crippen molar-refractivity contribution in [2.45, 2.75) is 52.0 Å². The maximum Gasteiger partial charge on any atom is 0.217 e. The number of amides is 1. The van der Waals surface area contributed by atoms with Crippen molar-refractivity contribution in [3.63, 3.8) is 0 Å². The van der Waals surface area contributed by atoms with Crippen LogP contribution in [0.3, 0.4) is 0 Å². The second-order valence-electron chi connectivity index (χ2n) is 4.55. The lowest BCUT2D eigenvalue weighted by Crippen LogP contribution is -2.42. The van der Waals surface area contributed by atoms with E-state index in [0.717, 1.165) is 13.0 Å². The summed E-state index contributed by atoms with van der Waals surface area (Å²) in [6.07, 6.45) is 6.18. The van der Waals surface area contributed by atoms with Crippen LogP contribution in [0, 0.1) is 0 Å². The number of likely N-dealkylation sites (tertiary alicyclic amines) is 1. The molecule has 0 aromatic heterocycles. The number of carbonyl (C=O) groups is 1. The van der Waals surface area contributed by atoms with Gasteiger partial charge >= 0.3 is 0 Å². The molecule has 3 heteroatoms. The molecule has 0 bridgehead atoms. The summed E-state index contributed by atoms with van der Waals surface area (Å²) < 4.78 is 0. The van der Waals surface area contributed by atoms with E-state index in [-0.39, 0.29) is 5.91 Å². The Morgan fingerprint density at radius 3 is 2.93 bits per heavy atom. The van der Waals surface area contributed by atoms with Gasteiger partial charge in [0.1, 0.15) is 0 Å². The van der Waals surface area contributed by atoms with Gasteiger partial charge in [-0.05, 0) is 32.4 Å². The number of carbonyl (C=O) groups excluding carboxylic acids is 1. The van der Waals surface area contributed by atoms with Gasteiger partial charge in [0.25, 0.3) is 0 Å². The number of nitrogens with zero attached hydrogens (tertiary/aromatic N) is 1. The zero-order valence-corrected chi connectivity index (χ0v) is 10.1. The zero-order valence-electron chi connectivity index (χ0n) is 10.1. The third-order valence-corrected chi connectivity index (χ3v) is 2.99. The molecule has 15 heavy (non-hydrogen) atoms. The lowest BCUT2D eigenvalue weighted by Gasteiger charge is -2.24. The summed E-state index contributed by atoms with van der Waals surface area (Å²) in [6.45, 7) is 7.27. The highest BCUT2D eigenvalue weighted by Gasteiger charge is 2.17. The van der Waals surface area contributed by atoms with Crippen LogP contribution in [-0.2, 0) is 4.79 Å². The molecular weight excluding hydrogens is 188 g/mol. The Balaban J connectivity index is 2.35. The topological polar surface area (TPSA) is 32.3 Å². The van der Waals surface area contributed by atoms with Gasteiger partial charge in [-0.25, -0.2) is 0 Å². The molecule has 1 amide bonds. The summed E-state index contributed by atoms with van der Waals surface area (Å²) in [5, 5.41) is 3.05. The van der Waals surface area contributed by atoms with Crippen LogP contribution in [0.2, 0.25) is 0 Å². The molecule has 0 aromatic carbocycles. The van der Waals surface area contributed by atoms with Gasteiger partial charge in [-0.15, -0.1) is 0 Å². The molecule has 0 radical (unpaired) electrons.